The van der Waals surface area contributed by atoms with E-state index in [9.17, 15) is 9.90 Å². The summed E-state index contributed by atoms with van der Waals surface area (Å²) in [5.74, 6) is -0.335. The van der Waals surface area contributed by atoms with Gasteiger partial charge in [0.05, 0.1) is 0 Å². The highest BCUT2D eigenvalue weighted by molar-refractivity contribution is 7.10. The minimum absolute atomic E-state index is 0.201. The molecule has 0 saturated heterocycles. The van der Waals surface area contributed by atoms with Crippen molar-refractivity contribution in [3.05, 3.63) is 22.4 Å². The van der Waals surface area contributed by atoms with Gasteiger partial charge in [0.15, 0.2) is 5.60 Å². The molecule has 1 unspecified atom stereocenters. The molecule has 4 nitrogen and oxygen atoms in total. The lowest BCUT2D eigenvalue weighted by atomic mass is 9.91. The third kappa shape index (κ3) is 5.09. The summed E-state index contributed by atoms with van der Waals surface area (Å²) in [5, 5.41) is 12.7. The van der Waals surface area contributed by atoms with Gasteiger partial charge in [0.1, 0.15) is 6.61 Å². The van der Waals surface area contributed by atoms with E-state index < -0.39 is 11.6 Å². The average Bonchev–Trinajstić information content (AvgIpc) is 2.97. The third-order valence-electron chi connectivity index (χ3n) is 3.51. The molecule has 120 valence electrons. The highest BCUT2D eigenvalue weighted by Gasteiger charge is 2.41. The Hall–Kier alpha value is -0.910. The second kappa shape index (κ2) is 8.51. The summed E-state index contributed by atoms with van der Waals surface area (Å²) in [4.78, 5) is 15.2. The Morgan fingerprint density at radius 3 is 2.57 bits per heavy atom. The van der Waals surface area contributed by atoms with Gasteiger partial charge < -0.3 is 14.7 Å². The quantitative estimate of drug-likeness (QED) is 0.712. The van der Waals surface area contributed by atoms with Gasteiger partial charge in [-0.25, -0.2) is 4.79 Å². The number of carbonyl (C=O) groups excluding carboxylic acids is 1. The van der Waals surface area contributed by atoms with E-state index in [1.165, 1.54) is 11.3 Å². The van der Waals surface area contributed by atoms with Gasteiger partial charge in [-0.1, -0.05) is 33.8 Å². The maximum Gasteiger partial charge on any atom is 0.343 e. The summed E-state index contributed by atoms with van der Waals surface area (Å²) in [7, 11) is 0. The number of aliphatic hydroxyl groups is 1. The van der Waals surface area contributed by atoms with Crippen LogP contribution in [0, 0.1) is 5.92 Å². The largest absolute Gasteiger partial charge is 0.462 e. The molecule has 0 aliphatic carbocycles. The average molecular weight is 313 g/mol. The zero-order valence-electron chi connectivity index (χ0n) is 13.5. The van der Waals surface area contributed by atoms with Crippen molar-refractivity contribution in [3.63, 3.8) is 0 Å². The summed E-state index contributed by atoms with van der Waals surface area (Å²) in [5.41, 5.74) is -1.52. The van der Waals surface area contributed by atoms with Crippen molar-refractivity contribution in [1.82, 2.24) is 4.90 Å². The van der Waals surface area contributed by atoms with Crippen molar-refractivity contribution >= 4 is 17.3 Å². The second-order valence-corrected chi connectivity index (χ2v) is 6.55. The Kier molecular flexibility index (Phi) is 7.35. The first kappa shape index (κ1) is 18.1. The highest BCUT2D eigenvalue weighted by Crippen LogP contribution is 2.33. The van der Waals surface area contributed by atoms with Crippen LogP contribution >= 0.6 is 11.3 Å². The van der Waals surface area contributed by atoms with Crippen LogP contribution in [-0.4, -0.2) is 42.2 Å². The fraction of sp³-hybridized carbons (Fsp3) is 0.688. The second-order valence-electron chi connectivity index (χ2n) is 5.60. The van der Waals surface area contributed by atoms with Gasteiger partial charge in [-0.05, 0) is 36.9 Å². The lowest BCUT2D eigenvalue weighted by Crippen LogP contribution is -2.39. The number of likely N-dealkylation sites (N-methyl/N-ethyl adjacent to an activating group) is 1. The van der Waals surface area contributed by atoms with Gasteiger partial charge in [0, 0.05) is 11.4 Å². The molecule has 0 aliphatic rings. The molecule has 1 aromatic rings. The zero-order valence-corrected chi connectivity index (χ0v) is 14.3. The monoisotopic (exact) mass is 313 g/mol. The molecule has 1 heterocycles. The third-order valence-corrected chi connectivity index (χ3v) is 4.53. The number of hydrogen-bond acceptors (Lipinski definition) is 5. The van der Waals surface area contributed by atoms with E-state index >= 15 is 0 Å². The molecule has 0 aliphatic heterocycles. The predicted molar refractivity (Wildman–Crippen MR) is 86.4 cm³/mol. The number of carbonyl (C=O) groups is 1. The summed E-state index contributed by atoms with van der Waals surface area (Å²) in [6, 6.07) is 3.63. The number of rotatable bonds is 9. The lowest BCUT2D eigenvalue weighted by molar-refractivity contribution is -0.168. The zero-order chi connectivity index (χ0) is 15.9. The Bertz CT molecular complexity index is 415. The van der Waals surface area contributed by atoms with Crippen molar-refractivity contribution in [2.24, 2.45) is 5.92 Å². The molecule has 1 N–H and O–H groups in total. The van der Waals surface area contributed by atoms with Crippen molar-refractivity contribution in [2.75, 3.05) is 26.2 Å². The van der Waals surface area contributed by atoms with E-state index in [2.05, 4.69) is 18.7 Å². The van der Waals surface area contributed by atoms with Crippen LogP contribution in [0.1, 0.15) is 39.0 Å². The molecule has 1 rings (SSSR count). The van der Waals surface area contributed by atoms with Crippen LogP contribution < -0.4 is 0 Å². The molecular formula is C16H27NO3S. The summed E-state index contributed by atoms with van der Waals surface area (Å²) < 4.78 is 5.34. The number of ether oxygens (including phenoxy) is 1. The van der Waals surface area contributed by atoms with E-state index in [0.29, 0.717) is 24.4 Å². The maximum atomic E-state index is 12.4. The molecule has 0 radical (unpaired) electrons. The topological polar surface area (TPSA) is 49.8 Å². The van der Waals surface area contributed by atoms with Crippen LogP contribution in [0.4, 0.5) is 0 Å². The lowest BCUT2D eigenvalue weighted by Gasteiger charge is -2.27. The molecule has 1 atom stereocenters. The molecule has 5 heteroatoms. The van der Waals surface area contributed by atoms with Gasteiger partial charge in [0.25, 0.3) is 0 Å². The number of thiophene rings is 1. The molecule has 0 saturated carbocycles. The maximum absolute atomic E-state index is 12.4. The fourth-order valence-electron chi connectivity index (χ4n) is 2.32. The van der Waals surface area contributed by atoms with E-state index in [-0.39, 0.29) is 5.92 Å². The summed E-state index contributed by atoms with van der Waals surface area (Å²) >= 11 is 1.39. The first-order chi connectivity index (χ1) is 9.93. The van der Waals surface area contributed by atoms with Gasteiger partial charge >= 0.3 is 5.97 Å². The van der Waals surface area contributed by atoms with Crippen LogP contribution in [-0.2, 0) is 15.1 Å². The normalized spacial score (nSPS) is 14.4. The molecule has 0 aromatic carbocycles. The fourth-order valence-corrected chi connectivity index (χ4v) is 3.14. The highest BCUT2D eigenvalue weighted by atomic mass is 32.1. The van der Waals surface area contributed by atoms with Gasteiger partial charge in [0.2, 0.25) is 0 Å². The minimum Gasteiger partial charge on any atom is -0.462 e. The molecule has 1 aromatic heterocycles. The molecule has 0 bridgehead atoms. The van der Waals surface area contributed by atoms with Crippen molar-refractivity contribution in [1.29, 1.82) is 0 Å². The van der Waals surface area contributed by atoms with Crippen molar-refractivity contribution < 1.29 is 14.6 Å². The Labute approximate surface area is 131 Å². The van der Waals surface area contributed by atoms with Gasteiger partial charge in [-0.3, -0.25) is 0 Å². The van der Waals surface area contributed by atoms with E-state index in [0.717, 1.165) is 13.1 Å². The van der Waals surface area contributed by atoms with Gasteiger partial charge in [-0.15, -0.1) is 11.3 Å². The van der Waals surface area contributed by atoms with E-state index in [4.69, 9.17) is 4.74 Å². The van der Waals surface area contributed by atoms with E-state index in [1.807, 2.05) is 25.3 Å². The Balaban J connectivity index is 2.69. The summed E-state index contributed by atoms with van der Waals surface area (Å²) in [6.45, 7) is 11.0. The SMILES string of the molecule is CCN(CC)CCOC(=O)C(O)(CC(C)C)c1cccs1. The Morgan fingerprint density at radius 1 is 1.43 bits per heavy atom. The van der Waals surface area contributed by atoms with Crippen molar-refractivity contribution in [2.45, 2.75) is 39.7 Å². The molecule has 0 amide bonds. The smallest absolute Gasteiger partial charge is 0.343 e. The van der Waals surface area contributed by atoms with Crippen LogP contribution in [0.3, 0.4) is 0 Å². The predicted octanol–water partition coefficient (Wildman–Crippen LogP) is 2.87. The van der Waals surface area contributed by atoms with Crippen molar-refractivity contribution in [3.8, 4) is 0 Å². The number of hydrogen-bond donors (Lipinski definition) is 1. The van der Waals surface area contributed by atoms with Crippen LogP contribution in [0.2, 0.25) is 0 Å². The minimum atomic E-state index is -1.52. The molecular weight excluding hydrogens is 286 g/mol. The van der Waals surface area contributed by atoms with Gasteiger partial charge in [-0.2, -0.15) is 0 Å². The van der Waals surface area contributed by atoms with Crippen LogP contribution in [0.15, 0.2) is 17.5 Å². The first-order valence-corrected chi connectivity index (χ1v) is 8.47. The first-order valence-electron chi connectivity index (χ1n) is 7.60. The Morgan fingerprint density at radius 2 is 2.10 bits per heavy atom. The number of esters is 1. The number of nitrogens with zero attached hydrogens (tertiary/aromatic N) is 1. The van der Waals surface area contributed by atoms with Crippen LogP contribution in [0.5, 0.6) is 0 Å². The standard InChI is InChI=1S/C16H27NO3S/c1-5-17(6-2)9-10-20-15(18)16(19,12-13(3)4)14-8-7-11-21-14/h7-8,11,13,19H,5-6,9-10,12H2,1-4H3. The molecule has 0 fully saturated rings. The molecule has 21 heavy (non-hydrogen) atoms. The van der Waals surface area contributed by atoms with Crippen LogP contribution in [0.25, 0.3) is 0 Å². The summed E-state index contributed by atoms with van der Waals surface area (Å²) in [6.07, 6.45) is 0.373. The molecule has 0 spiro atoms. The van der Waals surface area contributed by atoms with E-state index in [1.54, 1.807) is 6.07 Å².